The van der Waals surface area contributed by atoms with Gasteiger partial charge in [-0.1, -0.05) is 29.3 Å². The number of nitrogens with zero attached hydrogens (tertiary/aromatic N) is 2. The van der Waals surface area contributed by atoms with Crippen LogP contribution in [-0.2, 0) is 9.59 Å². The van der Waals surface area contributed by atoms with Crippen molar-refractivity contribution in [3.05, 3.63) is 39.4 Å². The van der Waals surface area contributed by atoms with Gasteiger partial charge in [0.1, 0.15) is 0 Å². The maximum atomic E-state index is 11.8. The van der Waals surface area contributed by atoms with Crippen molar-refractivity contribution in [1.29, 1.82) is 0 Å². The van der Waals surface area contributed by atoms with Crippen LogP contribution in [0.1, 0.15) is 5.56 Å². The fourth-order valence-electron chi connectivity index (χ4n) is 2.12. The van der Waals surface area contributed by atoms with Crippen LogP contribution in [-0.4, -0.2) is 42.6 Å². The van der Waals surface area contributed by atoms with E-state index < -0.39 is 5.91 Å². The van der Waals surface area contributed by atoms with Gasteiger partial charge in [0.25, 0.3) is 5.91 Å². The van der Waals surface area contributed by atoms with E-state index in [2.05, 4.69) is 4.99 Å². The molecule has 0 spiro atoms. The lowest BCUT2D eigenvalue weighted by atomic mass is 10.0. The molecule has 1 aromatic rings. The molecule has 0 atom stereocenters. The smallest absolute Gasteiger partial charge is 0.252 e. The number of aliphatic imine (C=N–C) groups is 1. The Morgan fingerprint density at radius 2 is 2.00 bits per heavy atom. The quantitative estimate of drug-likeness (QED) is 0.632. The van der Waals surface area contributed by atoms with Crippen molar-refractivity contribution in [2.24, 2.45) is 16.5 Å². The molecule has 0 aliphatic carbocycles. The van der Waals surface area contributed by atoms with E-state index in [1.54, 1.807) is 18.2 Å². The zero-order valence-electron chi connectivity index (χ0n) is 11.6. The van der Waals surface area contributed by atoms with E-state index in [0.717, 1.165) is 0 Å². The molecule has 4 N–H and O–H groups in total. The molecule has 0 saturated heterocycles. The first kappa shape index (κ1) is 16.3. The summed E-state index contributed by atoms with van der Waals surface area (Å²) in [7, 11) is 0. The Labute approximate surface area is 137 Å². The third-order valence-corrected chi connectivity index (χ3v) is 3.97. The minimum absolute atomic E-state index is 0.0879. The molecule has 0 aromatic heterocycles. The van der Waals surface area contributed by atoms with Crippen molar-refractivity contribution in [2.75, 3.05) is 19.6 Å². The molecule has 8 heteroatoms. The Balaban J connectivity index is 2.49. The van der Waals surface area contributed by atoms with Gasteiger partial charge in [0.05, 0.1) is 40.1 Å². The van der Waals surface area contributed by atoms with Crippen LogP contribution in [0.15, 0.2) is 28.8 Å². The van der Waals surface area contributed by atoms with Gasteiger partial charge in [-0.05, 0) is 17.7 Å². The van der Waals surface area contributed by atoms with Crippen molar-refractivity contribution >= 4 is 46.9 Å². The minimum atomic E-state index is -0.713. The van der Waals surface area contributed by atoms with Crippen LogP contribution in [0.25, 0.3) is 5.70 Å². The lowest BCUT2D eigenvalue weighted by Gasteiger charge is -2.24. The van der Waals surface area contributed by atoms with E-state index in [-0.39, 0.29) is 17.8 Å². The van der Waals surface area contributed by atoms with Gasteiger partial charge < -0.3 is 16.4 Å². The molecule has 0 saturated carbocycles. The number of halogens is 2. The van der Waals surface area contributed by atoms with E-state index in [1.807, 2.05) is 0 Å². The van der Waals surface area contributed by atoms with Crippen LogP contribution < -0.4 is 11.5 Å². The fraction of sp³-hybridized carbons (Fsp3) is 0.214. The van der Waals surface area contributed by atoms with Crippen molar-refractivity contribution in [3.8, 4) is 0 Å². The third kappa shape index (κ3) is 3.40. The molecule has 2 rings (SSSR count). The summed E-state index contributed by atoms with van der Waals surface area (Å²) in [6.45, 7) is 1.06. The molecule has 0 bridgehead atoms. The summed E-state index contributed by atoms with van der Waals surface area (Å²) in [6.07, 6.45) is 0.697. The number of benzene rings is 1. The monoisotopic (exact) mass is 340 g/mol. The van der Waals surface area contributed by atoms with Gasteiger partial charge in [-0.3, -0.25) is 14.6 Å². The number of primary amides is 1. The third-order valence-electron chi connectivity index (χ3n) is 3.23. The van der Waals surface area contributed by atoms with Crippen LogP contribution in [0, 0.1) is 0 Å². The normalized spacial score (nSPS) is 15.9. The molecule has 1 heterocycles. The highest BCUT2D eigenvalue weighted by Crippen LogP contribution is 2.26. The topological polar surface area (TPSA) is 102 Å². The number of carbonyl (C=O) groups excluding carboxylic acids is 2. The second-order valence-corrected chi connectivity index (χ2v) is 5.50. The molecule has 0 fully saturated rings. The Bertz CT molecular complexity index is 685. The zero-order chi connectivity index (χ0) is 16.3. The van der Waals surface area contributed by atoms with Gasteiger partial charge in [-0.2, -0.15) is 0 Å². The van der Waals surface area contributed by atoms with E-state index in [4.69, 9.17) is 34.7 Å². The Kier molecular flexibility index (Phi) is 5.05. The molecule has 22 heavy (non-hydrogen) atoms. The van der Waals surface area contributed by atoms with Gasteiger partial charge in [0.2, 0.25) is 6.41 Å². The number of carbonyl (C=O) groups is 2. The Morgan fingerprint density at radius 3 is 2.59 bits per heavy atom. The zero-order valence-corrected chi connectivity index (χ0v) is 13.1. The van der Waals surface area contributed by atoms with Gasteiger partial charge in [-0.25, -0.2) is 0 Å². The van der Waals surface area contributed by atoms with Gasteiger partial charge >= 0.3 is 0 Å². The van der Waals surface area contributed by atoms with Crippen molar-refractivity contribution in [1.82, 2.24) is 4.90 Å². The lowest BCUT2D eigenvalue weighted by Crippen LogP contribution is -2.39. The van der Waals surface area contributed by atoms with Crippen LogP contribution in [0.2, 0.25) is 10.0 Å². The second kappa shape index (κ2) is 6.81. The second-order valence-electron chi connectivity index (χ2n) is 4.69. The van der Waals surface area contributed by atoms with Gasteiger partial charge in [0.15, 0.2) is 0 Å². The predicted octanol–water partition coefficient (Wildman–Crippen LogP) is 1.06. The molecular formula is C14H14Cl2N4O2. The van der Waals surface area contributed by atoms with Crippen molar-refractivity contribution < 1.29 is 9.59 Å². The predicted molar refractivity (Wildman–Crippen MR) is 86.7 cm³/mol. The van der Waals surface area contributed by atoms with E-state index in [1.165, 1.54) is 4.90 Å². The van der Waals surface area contributed by atoms with Crippen LogP contribution in [0.5, 0.6) is 0 Å². The summed E-state index contributed by atoms with van der Waals surface area (Å²) >= 11 is 11.8. The summed E-state index contributed by atoms with van der Waals surface area (Å²) in [6, 6.07) is 4.75. The van der Waals surface area contributed by atoms with Crippen molar-refractivity contribution in [3.63, 3.8) is 0 Å². The molecule has 1 aliphatic rings. The number of hydrogen-bond donors (Lipinski definition) is 2. The van der Waals surface area contributed by atoms with Crippen LogP contribution in [0.3, 0.4) is 0 Å². The summed E-state index contributed by atoms with van der Waals surface area (Å²) in [5.74, 6) is -0.713. The molecular weight excluding hydrogens is 327 g/mol. The molecule has 116 valence electrons. The first-order valence-electron chi connectivity index (χ1n) is 6.42. The maximum absolute atomic E-state index is 11.8. The first-order chi connectivity index (χ1) is 10.4. The molecule has 6 nitrogen and oxygen atoms in total. The van der Waals surface area contributed by atoms with E-state index in [0.29, 0.717) is 40.8 Å². The lowest BCUT2D eigenvalue weighted by molar-refractivity contribution is -0.118. The average molecular weight is 341 g/mol. The van der Waals surface area contributed by atoms with E-state index >= 15 is 0 Å². The largest absolute Gasteiger partial charge is 0.398 e. The molecule has 2 amide bonds. The molecule has 1 aliphatic heterocycles. The van der Waals surface area contributed by atoms with E-state index in [9.17, 15) is 9.59 Å². The standard InChI is InChI=1S/C14H14Cl2N4O2/c15-9-2-1-8(5-10(9)16)13(17)12(14(18)22)11-6-20(7-21)4-3-19-11/h1-2,5,7H,3-4,6,17H2,(H2,18,22). The average Bonchev–Trinajstić information content (AvgIpc) is 2.50. The minimum Gasteiger partial charge on any atom is -0.398 e. The Hall–Kier alpha value is -2.05. The molecule has 0 radical (unpaired) electrons. The summed E-state index contributed by atoms with van der Waals surface area (Å²) in [5.41, 5.74) is 12.6. The number of rotatable bonds is 4. The summed E-state index contributed by atoms with van der Waals surface area (Å²) in [4.78, 5) is 28.4. The van der Waals surface area contributed by atoms with Gasteiger partial charge in [0, 0.05) is 6.54 Å². The highest BCUT2D eigenvalue weighted by atomic mass is 35.5. The number of hydrogen-bond acceptors (Lipinski definition) is 4. The highest BCUT2D eigenvalue weighted by Gasteiger charge is 2.23. The first-order valence-corrected chi connectivity index (χ1v) is 7.17. The Morgan fingerprint density at radius 1 is 1.27 bits per heavy atom. The molecule has 1 aromatic carbocycles. The number of nitrogens with two attached hydrogens (primary N) is 2. The number of amides is 2. The summed E-state index contributed by atoms with van der Waals surface area (Å²) < 4.78 is 0. The highest BCUT2D eigenvalue weighted by molar-refractivity contribution is 6.42. The van der Waals surface area contributed by atoms with Crippen LogP contribution in [0.4, 0.5) is 0 Å². The van der Waals surface area contributed by atoms with Gasteiger partial charge in [-0.15, -0.1) is 0 Å². The molecule has 0 unspecified atom stereocenters. The fourth-order valence-corrected chi connectivity index (χ4v) is 2.42. The van der Waals surface area contributed by atoms with Crippen molar-refractivity contribution in [2.45, 2.75) is 0 Å². The van der Waals surface area contributed by atoms with Crippen LogP contribution >= 0.6 is 23.2 Å². The summed E-state index contributed by atoms with van der Waals surface area (Å²) in [5, 5.41) is 0.687. The SMILES string of the molecule is NC(=O)C(C1=NCCN(C=O)C1)=C(N)c1ccc(Cl)c(Cl)c1. The maximum Gasteiger partial charge on any atom is 0.252 e.